The molecule has 6 heteroatoms. The number of ether oxygens (including phenoxy) is 1. The molecule has 3 heterocycles. The summed E-state index contributed by atoms with van der Waals surface area (Å²) in [5.41, 5.74) is 3.19. The van der Waals surface area contributed by atoms with E-state index in [0.29, 0.717) is 5.92 Å². The van der Waals surface area contributed by atoms with Crippen molar-refractivity contribution in [2.24, 2.45) is 0 Å². The molecule has 3 unspecified atom stereocenters. The number of nitrogens with one attached hydrogen (secondary N) is 1. The summed E-state index contributed by atoms with van der Waals surface area (Å²) in [6, 6.07) is 5.08. The minimum Gasteiger partial charge on any atom is -0.508 e. The van der Waals surface area contributed by atoms with E-state index in [2.05, 4.69) is 9.88 Å². The van der Waals surface area contributed by atoms with Gasteiger partial charge in [0.15, 0.2) is 0 Å². The van der Waals surface area contributed by atoms with Crippen molar-refractivity contribution in [2.75, 3.05) is 13.1 Å². The van der Waals surface area contributed by atoms with E-state index in [1.165, 1.54) is 12.0 Å². The fraction of sp³-hybridized carbons (Fsp3) is 0.550. The number of hydrogen-bond acceptors (Lipinski definition) is 4. The quantitative estimate of drug-likeness (QED) is 0.777. The summed E-state index contributed by atoms with van der Waals surface area (Å²) in [5, 5.41) is 10.9. The Balaban J connectivity index is 0.00000168. The number of phenolic OH excluding ortho intramolecular Hbond substituents is 1. The van der Waals surface area contributed by atoms with Crippen molar-refractivity contribution in [3.05, 3.63) is 29.5 Å². The number of rotatable bonds is 2. The predicted octanol–water partition coefficient (Wildman–Crippen LogP) is 4.02. The average Bonchev–Trinajstić information content (AvgIpc) is 3.18. The number of nitrogens with zero attached hydrogens (tertiary/aromatic N) is 1. The highest BCUT2D eigenvalue weighted by molar-refractivity contribution is 5.90. The summed E-state index contributed by atoms with van der Waals surface area (Å²) in [4.78, 5) is 18.7. The number of hydrogen-bond donors (Lipinski definition) is 2. The van der Waals surface area contributed by atoms with Crippen molar-refractivity contribution >= 4 is 29.3 Å². The highest BCUT2D eigenvalue weighted by atomic mass is 35.5. The summed E-state index contributed by atoms with van der Waals surface area (Å²) in [5.74, 6) is 0.601. The molecule has 3 aliphatic rings. The van der Waals surface area contributed by atoms with Crippen LogP contribution in [0.15, 0.2) is 18.2 Å². The Kier molecular flexibility index (Phi) is 4.61. The lowest BCUT2D eigenvalue weighted by Gasteiger charge is -2.32. The molecule has 2 aromatic rings. The Morgan fingerprint density at radius 3 is 2.81 bits per heavy atom. The van der Waals surface area contributed by atoms with Crippen molar-refractivity contribution < 1.29 is 14.6 Å². The van der Waals surface area contributed by atoms with Gasteiger partial charge in [0, 0.05) is 29.1 Å². The molecule has 3 atom stereocenters. The number of esters is 1. The second kappa shape index (κ2) is 6.78. The van der Waals surface area contributed by atoms with Crippen LogP contribution in [0.3, 0.4) is 0 Å². The van der Waals surface area contributed by atoms with Gasteiger partial charge >= 0.3 is 5.97 Å². The third-order valence-electron chi connectivity index (χ3n) is 6.18. The third kappa shape index (κ3) is 2.78. The maximum atomic E-state index is 13.0. The van der Waals surface area contributed by atoms with Gasteiger partial charge in [-0.15, -0.1) is 12.4 Å². The van der Waals surface area contributed by atoms with Crippen LogP contribution >= 0.6 is 12.4 Å². The second-order valence-corrected chi connectivity index (χ2v) is 7.76. The van der Waals surface area contributed by atoms with Gasteiger partial charge in [-0.3, -0.25) is 4.90 Å². The molecule has 0 spiro atoms. The molecule has 140 valence electrons. The van der Waals surface area contributed by atoms with Crippen molar-refractivity contribution in [3.8, 4) is 5.75 Å². The van der Waals surface area contributed by atoms with Crippen LogP contribution < -0.4 is 0 Å². The lowest BCUT2D eigenvalue weighted by Crippen LogP contribution is -2.38. The van der Waals surface area contributed by atoms with Gasteiger partial charge in [0.25, 0.3) is 0 Å². The van der Waals surface area contributed by atoms with E-state index >= 15 is 0 Å². The number of phenols is 1. The van der Waals surface area contributed by atoms with Crippen LogP contribution in [0.25, 0.3) is 10.9 Å². The number of halogens is 1. The van der Waals surface area contributed by atoms with Crippen molar-refractivity contribution in [1.82, 2.24) is 9.88 Å². The second-order valence-electron chi connectivity index (χ2n) is 7.76. The van der Waals surface area contributed by atoms with Gasteiger partial charge in [-0.25, -0.2) is 4.79 Å². The largest absolute Gasteiger partial charge is 0.508 e. The minimum absolute atomic E-state index is 0. The van der Waals surface area contributed by atoms with Crippen molar-refractivity contribution in [3.63, 3.8) is 0 Å². The molecule has 2 aliphatic heterocycles. The first kappa shape index (κ1) is 17.7. The average molecular weight is 377 g/mol. The lowest BCUT2D eigenvalue weighted by atomic mass is 9.90. The highest BCUT2D eigenvalue weighted by Crippen LogP contribution is 2.46. The molecule has 1 aliphatic carbocycles. The van der Waals surface area contributed by atoms with Crippen LogP contribution in [0.4, 0.5) is 0 Å². The van der Waals surface area contributed by atoms with Crippen molar-refractivity contribution in [1.29, 1.82) is 0 Å². The van der Waals surface area contributed by atoms with Crippen LogP contribution in [0.1, 0.15) is 61.7 Å². The molecule has 0 radical (unpaired) electrons. The Morgan fingerprint density at radius 2 is 2.00 bits per heavy atom. The molecular weight excluding hydrogens is 352 g/mol. The van der Waals surface area contributed by atoms with Gasteiger partial charge in [0.2, 0.25) is 0 Å². The molecule has 2 fully saturated rings. The van der Waals surface area contributed by atoms with Crippen LogP contribution in [-0.4, -0.2) is 40.2 Å². The van der Waals surface area contributed by atoms with Crippen LogP contribution in [0.2, 0.25) is 0 Å². The summed E-state index contributed by atoms with van der Waals surface area (Å²) in [7, 11) is 0. The standard InChI is InChI=1S/C20H24N2O3.ClH/c23-13-6-7-16-15(10-13)17-12-8-9-22(11-12)19(18(17)21-16)20(24)25-14-4-2-1-3-5-14;/h6-7,10,12,14,19,21,23H,1-5,8-9,11H2;1H. The molecule has 5 rings (SSSR count). The van der Waals surface area contributed by atoms with Crippen LogP contribution in [0, 0.1) is 0 Å². The molecule has 2 N–H and O–H groups in total. The lowest BCUT2D eigenvalue weighted by molar-refractivity contribution is -0.157. The van der Waals surface area contributed by atoms with Gasteiger partial charge in [-0.05, 0) is 62.4 Å². The molecule has 26 heavy (non-hydrogen) atoms. The molecular formula is C20H25ClN2O3. The van der Waals surface area contributed by atoms with Gasteiger partial charge in [-0.1, -0.05) is 6.42 Å². The van der Waals surface area contributed by atoms with Gasteiger partial charge in [0.1, 0.15) is 17.9 Å². The van der Waals surface area contributed by atoms with Crippen molar-refractivity contribution in [2.45, 2.75) is 56.6 Å². The zero-order valence-electron chi connectivity index (χ0n) is 14.7. The third-order valence-corrected chi connectivity index (χ3v) is 6.18. The smallest absolute Gasteiger partial charge is 0.329 e. The number of aromatic nitrogens is 1. The predicted molar refractivity (Wildman–Crippen MR) is 102 cm³/mol. The van der Waals surface area contributed by atoms with E-state index < -0.39 is 0 Å². The van der Waals surface area contributed by atoms with E-state index in [4.69, 9.17) is 4.74 Å². The number of benzene rings is 1. The number of aromatic hydroxyl groups is 1. The summed E-state index contributed by atoms with van der Waals surface area (Å²) in [6.45, 7) is 1.83. The van der Waals surface area contributed by atoms with E-state index in [0.717, 1.165) is 61.8 Å². The summed E-state index contributed by atoms with van der Waals surface area (Å²) < 4.78 is 5.91. The highest BCUT2D eigenvalue weighted by Gasteiger charge is 2.44. The minimum atomic E-state index is -0.329. The molecule has 5 nitrogen and oxygen atoms in total. The Hall–Kier alpha value is -1.72. The maximum absolute atomic E-state index is 13.0. The normalized spacial score (nSPS) is 27.8. The number of H-pyrrole nitrogens is 1. The topological polar surface area (TPSA) is 65.6 Å². The molecule has 1 aromatic heterocycles. The summed E-state index contributed by atoms with van der Waals surface area (Å²) >= 11 is 0. The van der Waals surface area contributed by atoms with Gasteiger partial charge in [0.05, 0.1) is 0 Å². The van der Waals surface area contributed by atoms with E-state index in [9.17, 15) is 9.90 Å². The molecule has 1 saturated heterocycles. The van der Waals surface area contributed by atoms with E-state index in [-0.39, 0.29) is 36.3 Å². The molecule has 0 amide bonds. The first-order valence-corrected chi connectivity index (χ1v) is 9.50. The SMILES string of the molecule is Cl.O=C(OC1CCCCC1)C1c2[nH]c3ccc(O)cc3c2C2CCN1C2. The van der Waals surface area contributed by atoms with Gasteiger partial charge < -0.3 is 14.8 Å². The van der Waals surface area contributed by atoms with E-state index in [1.807, 2.05) is 12.1 Å². The zero-order valence-corrected chi connectivity index (χ0v) is 15.6. The monoisotopic (exact) mass is 376 g/mol. The molecule has 1 saturated carbocycles. The first-order valence-electron chi connectivity index (χ1n) is 9.50. The fourth-order valence-electron chi connectivity index (χ4n) is 5.00. The zero-order chi connectivity index (χ0) is 17.0. The molecule has 2 bridgehead atoms. The number of carbonyl (C=O) groups is 1. The Bertz CT molecular complexity index is 828. The number of fused-ring (bicyclic) bond motifs is 6. The summed E-state index contributed by atoms with van der Waals surface area (Å²) in [6.07, 6.45) is 6.70. The van der Waals surface area contributed by atoms with Crippen LogP contribution in [0.5, 0.6) is 5.75 Å². The molecule has 1 aromatic carbocycles. The number of carbonyl (C=O) groups excluding carboxylic acids is 1. The number of aromatic amines is 1. The van der Waals surface area contributed by atoms with E-state index in [1.54, 1.807) is 6.07 Å². The first-order chi connectivity index (χ1) is 12.2. The Morgan fingerprint density at radius 1 is 1.19 bits per heavy atom. The van der Waals surface area contributed by atoms with Crippen LogP contribution in [-0.2, 0) is 9.53 Å². The maximum Gasteiger partial charge on any atom is 0.329 e. The fourth-order valence-corrected chi connectivity index (χ4v) is 5.00. The Labute approximate surface area is 159 Å². The van der Waals surface area contributed by atoms with Gasteiger partial charge in [-0.2, -0.15) is 0 Å².